The summed E-state index contributed by atoms with van der Waals surface area (Å²) in [6.07, 6.45) is 0.857. The van der Waals surface area contributed by atoms with Crippen molar-refractivity contribution < 1.29 is 14.3 Å². The van der Waals surface area contributed by atoms with Gasteiger partial charge in [0.05, 0.1) is 13.2 Å². The molecule has 1 aliphatic rings. The number of carbonyl (C=O) groups excluding carboxylic acids is 1. The van der Waals surface area contributed by atoms with Crippen LogP contribution in [-0.2, 0) is 11.3 Å². The van der Waals surface area contributed by atoms with E-state index >= 15 is 0 Å². The van der Waals surface area contributed by atoms with Crippen LogP contribution in [0.3, 0.4) is 0 Å². The Labute approximate surface area is 135 Å². The molecule has 0 spiro atoms. The number of nitrogens with one attached hydrogen (secondary N) is 1. The molecule has 2 aromatic rings. The summed E-state index contributed by atoms with van der Waals surface area (Å²) in [5.74, 6) is 1.08. The molecule has 0 radical (unpaired) electrons. The zero-order valence-electron chi connectivity index (χ0n) is 12.8. The fourth-order valence-corrected chi connectivity index (χ4v) is 2.63. The molecule has 0 aliphatic carbocycles. The Balaban J connectivity index is 1.78. The second-order valence-corrected chi connectivity index (χ2v) is 5.42. The van der Waals surface area contributed by atoms with Gasteiger partial charge in [-0.15, -0.1) is 0 Å². The van der Waals surface area contributed by atoms with Crippen LogP contribution in [0.2, 0.25) is 0 Å². The van der Waals surface area contributed by atoms with Crippen molar-refractivity contribution >= 4 is 5.91 Å². The number of ether oxygens (including phenoxy) is 2. The number of carbonyl (C=O) groups is 1. The predicted octanol–water partition coefficient (Wildman–Crippen LogP) is 2.16. The van der Waals surface area contributed by atoms with Gasteiger partial charge in [0.2, 0.25) is 5.91 Å². The lowest BCUT2D eigenvalue weighted by atomic mass is 10.1. The van der Waals surface area contributed by atoms with Crippen LogP contribution in [0, 0.1) is 0 Å². The lowest BCUT2D eigenvalue weighted by molar-refractivity contribution is -0.120. The van der Waals surface area contributed by atoms with Crippen LogP contribution in [0.4, 0.5) is 0 Å². The number of para-hydroxylation sites is 1. The lowest BCUT2D eigenvalue weighted by Crippen LogP contribution is -2.33. The van der Waals surface area contributed by atoms with Crippen molar-refractivity contribution in [2.24, 2.45) is 5.73 Å². The zero-order valence-corrected chi connectivity index (χ0v) is 12.8. The topological polar surface area (TPSA) is 73.6 Å². The maximum absolute atomic E-state index is 11.8. The molecule has 120 valence electrons. The Morgan fingerprint density at radius 2 is 1.87 bits per heavy atom. The number of primary amides is 1. The van der Waals surface area contributed by atoms with E-state index in [1.165, 1.54) is 0 Å². The molecule has 3 N–H and O–H groups in total. The normalized spacial score (nSPS) is 14.8. The molecule has 0 aromatic heterocycles. The molecule has 23 heavy (non-hydrogen) atoms. The monoisotopic (exact) mass is 312 g/mol. The molecule has 0 saturated carbocycles. The average molecular weight is 312 g/mol. The summed E-state index contributed by atoms with van der Waals surface area (Å²) in [4.78, 5) is 11.8. The van der Waals surface area contributed by atoms with Gasteiger partial charge in [-0.3, -0.25) is 10.1 Å². The van der Waals surface area contributed by atoms with Crippen LogP contribution in [0.1, 0.15) is 23.6 Å². The van der Waals surface area contributed by atoms with E-state index in [9.17, 15) is 4.79 Å². The first-order valence-corrected chi connectivity index (χ1v) is 7.71. The zero-order chi connectivity index (χ0) is 16.1. The molecule has 1 heterocycles. The first kappa shape index (κ1) is 15.4. The Morgan fingerprint density at radius 1 is 1.09 bits per heavy atom. The molecule has 1 atom stereocenters. The van der Waals surface area contributed by atoms with Crippen LogP contribution < -0.4 is 20.5 Å². The molecule has 5 nitrogen and oxygen atoms in total. The summed E-state index contributed by atoms with van der Waals surface area (Å²) >= 11 is 0. The van der Waals surface area contributed by atoms with E-state index in [0.29, 0.717) is 19.8 Å². The third kappa shape index (κ3) is 3.63. The van der Waals surface area contributed by atoms with Crippen LogP contribution in [0.15, 0.2) is 48.5 Å². The van der Waals surface area contributed by atoms with Gasteiger partial charge in [-0.2, -0.15) is 0 Å². The lowest BCUT2D eigenvalue weighted by Gasteiger charge is -2.18. The van der Waals surface area contributed by atoms with Crippen molar-refractivity contribution in [3.63, 3.8) is 0 Å². The summed E-state index contributed by atoms with van der Waals surface area (Å²) in [7, 11) is 0. The number of hydrogen-bond acceptors (Lipinski definition) is 4. The van der Waals surface area contributed by atoms with Gasteiger partial charge in [-0.05, 0) is 11.6 Å². The average Bonchev–Trinajstić information content (AvgIpc) is 2.81. The van der Waals surface area contributed by atoms with E-state index < -0.39 is 11.9 Å². The number of hydrogen-bond donors (Lipinski definition) is 2. The van der Waals surface area contributed by atoms with Crippen molar-refractivity contribution in [1.29, 1.82) is 0 Å². The third-order valence-electron chi connectivity index (χ3n) is 3.77. The Hall–Kier alpha value is -2.53. The maximum atomic E-state index is 11.8. The fraction of sp³-hybridized carbons (Fsp3) is 0.278. The van der Waals surface area contributed by atoms with Crippen LogP contribution in [-0.4, -0.2) is 19.1 Å². The smallest absolute Gasteiger partial charge is 0.239 e. The number of nitrogens with two attached hydrogens (primary N) is 1. The van der Waals surface area contributed by atoms with E-state index in [-0.39, 0.29) is 0 Å². The van der Waals surface area contributed by atoms with E-state index in [1.807, 2.05) is 48.5 Å². The number of fused-ring (bicyclic) bond motifs is 1. The Bertz CT molecular complexity index is 673. The highest BCUT2D eigenvalue weighted by Crippen LogP contribution is 2.33. The van der Waals surface area contributed by atoms with E-state index in [0.717, 1.165) is 29.0 Å². The van der Waals surface area contributed by atoms with Crippen LogP contribution >= 0.6 is 0 Å². The first-order valence-electron chi connectivity index (χ1n) is 7.71. The van der Waals surface area contributed by atoms with Gasteiger partial charge in [0, 0.05) is 18.5 Å². The summed E-state index contributed by atoms with van der Waals surface area (Å²) in [6.45, 7) is 1.74. The summed E-state index contributed by atoms with van der Waals surface area (Å²) < 4.78 is 11.5. The van der Waals surface area contributed by atoms with Gasteiger partial charge in [0.25, 0.3) is 0 Å². The van der Waals surface area contributed by atoms with Crippen molar-refractivity contribution in [3.05, 3.63) is 59.7 Å². The molecule has 5 heteroatoms. The molecule has 1 aliphatic heterocycles. The molecule has 0 bridgehead atoms. The Kier molecular flexibility index (Phi) is 4.78. The summed E-state index contributed by atoms with van der Waals surface area (Å²) in [5.41, 5.74) is 7.34. The SMILES string of the molecule is NC(=O)C(NCc1cccc2c1OCCCO2)c1ccccc1. The minimum Gasteiger partial charge on any atom is -0.490 e. The van der Waals surface area contributed by atoms with E-state index in [2.05, 4.69) is 5.32 Å². The molecule has 0 fully saturated rings. The first-order chi connectivity index (χ1) is 11.3. The fourth-order valence-electron chi connectivity index (χ4n) is 2.63. The van der Waals surface area contributed by atoms with Crippen LogP contribution in [0.25, 0.3) is 0 Å². The van der Waals surface area contributed by atoms with Crippen molar-refractivity contribution in [2.75, 3.05) is 13.2 Å². The largest absolute Gasteiger partial charge is 0.490 e. The van der Waals surface area contributed by atoms with Gasteiger partial charge in [0.1, 0.15) is 6.04 Å². The van der Waals surface area contributed by atoms with Gasteiger partial charge < -0.3 is 15.2 Å². The molecule has 3 rings (SSSR count). The van der Waals surface area contributed by atoms with Gasteiger partial charge in [-0.25, -0.2) is 0 Å². The van der Waals surface area contributed by atoms with Gasteiger partial charge >= 0.3 is 0 Å². The van der Waals surface area contributed by atoms with Crippen molar-refractivity contribution in [1.82, 2.24) is 5.32 Å². The van der Waals surface area contributed by atoms with E-state index in [1.54, 1.807) is 0 Å². The Morgan fingerprint density at radius 3 is 2.65 bits per heavy atom. The minimum absolute atomic E-state index is 0.407. The molecule has 2 aromatic carbocycles. The predicted molar refractivity (Wildman–Crippen MR) is 87.3 cm³/mol. The molecule has 1 unspecified atom stereocenters. The second-order valence-electron chi connectivity index (χ2n) is 5.42. The standard InChI is InChI=1S/C18H20N2O3/c19-18(21)16(13-6-2-1-3-7-13)20-12-14-8-4-9-15-17(14)23-11-5-10-22-15/h1-4,6-9,16,20H,5,10-12H2,(H2,19,21). The minimum atomic E-state index is -0.543. The molecular formula is C18H20N2O3. The quantitative estimate of drug-likeness (QED) is 0.887. The maximum Gasteiger partial charge on any atom is 0.239 e. The highest BCUT2D eigenvalue weighted by Gasteiger charge is 2.19. The third-order valence-corrected chi connectivity index (χ3v) is 3.77. The van der Waals surface area contributed by atoms with Crippen LogP contribution in [0.5, 0.6) is 11.5 Å². The summed E-state index contributed by atoms with van der Waals surface area (Å²) in [6, 6.07) is 14.7. The van der Waals surface area contributed by atoms with E-state index in [4.69, 9.17) is 15.2 Å². The second kappa shape index (κ2) is 7.15. The molecule has 0 saturated heterocycles. The van der Waals surface area contributed by atoms with Gasteiger partial charge in [-0.1, -0.05) is 42.5 Å². The van der Waals surface area contributed by atoms with Gasteiger partial charge in [0.15, 0.2) is 11.5 Å². The highest BCUT2D eigenvalue weighted by atomic mass is 16.5. The number of amides is 1. The van der Waals surface area contributed by atoms with Crippen molar-refractivity contribution in [3.8, 4) is 11.5 Å². The summed E-state index contributed by atoms with van der Waals surface area (Å²) in [5, 5.41) is 3.21. The molecular weight excluding hydrogens is 292 g/mol. The van der Waals surface area contributed by atoms with Crippen molar-refractivity contribution in [2.45, 2.75) is 19.0 Å². The molecule has 1 amide bonds. The number of benzene rings is 2. The number of rotatable bonds is 5. The highest BCUT2D eigenvalue weighted by molar-refractivity contribution is 5.81.